The van der Waals surface area contributed by atoms with Crippen molar-refractivity contribution in [2.45, 2.75) is 32.0 Å². The lowest BCUT2D eigenvalue weighted by Crippen LogP contribution is -2.49. The quantitative estimate of drug-likeness (QED) is 0.926. The molecule has 2 unspecified atom stereocenters. The van der Waals surface area contributed by atoms with Crippen LogP contribution in [-0.2, 0) is 11.3 Å². The number of alkyl halides is 3. The Morgan fingerprint density at radius 1 is 1.48 bits per heavy atom. The van der Waals surface area contributed by atoms with Gasteiger partial charge in [0.2, 0.25) is 0 Å². The van der Waals surface area contributed by atoms with Crippen LogP contribution in [0.1, 0.15) is 12.5 Å². The van der Waals surface area contributed by atoms with Gasteiger partial charge in [-0.3, -0.25) is 4.90 Å². The van der Waals surface area contributed by atoms with Crippen LogP contribution in [0.3, 0.4) is 0 Å². The Morgan fingerprint density at radius 3 is 2.90 bits per heavy atom. The predicted molar refractivity (Wildman–Crippen MR) is 71.8 cm³/mol. The van der Waals surface area contributed by atoms with Crippen LogP contribution in [0.4, 0.5) is 13.2 Å². The number of nitrogens with two attached hydrogens (primary N) is 1. The van der Waals surface area contributed by atoms with Crippen molar-refractivity contribution in [1.29, 1.82) is 0 Å². The molecule has 1 aliphatic heterocycles. The third kappa shape index (κ3) is 5.18. The van der Waals surface area contributed by atoms with Gasteiger partial charge in [0, 0.05) is 25.7 Å². The van der Waals surface area contributed by atoms with Gasteiger partial charge >= 0.3 is 6.36 Å². The molecular formula is C14H19F3N2O2. The van der Waals surface area contributed by atoms with Crippen molar-refractivity contribution in [2.24, 2.45) is 5.73 Å². The number of ether oxygens (including phenoxy) is 2. The first kappa shape index (κ1) is 16.1. The van der Waals surface area contributed by atoms with E-state index in [1.165, 1.54) is 12.1 Å². The highest BCUT2D eigenvalue weighted by Crippen LogP contribution is 2.24. The van der Waals surface area contributed by atoms with E-state index in [1.807, 2.05) is 6.92 Å². The molecule has 0 amide bonds. The van der Waals surface area contributed by atoms with E-state index >= 15 is 0 Å². The summed E-state index contributed by atoms with van der Waals surface area (Å²) in [6.07, 6.45) is -4.72. The SMILES string of the molecule is CC(N)C1CN(Cc2cccc(OC(F)(F)F)c2)CCO1. The second-order valence-corrected chi connectivity index (χ2v) is 5.20. The van der Waals surface area contributed by atoms with E-state index in [0.29, 0.717) is 19.7 Å². The van der Waals surface area contributed by atoms with E-state index < -0.39 is 6.36 Å². The van der Waals surface area contributed by atoms with Crippen molar-refractivity contribution in [3.63, 3.8) is 0 Å². The number of nitrogens with zero attached hydrogens (tertiary/aromatic N) is 1. The van der Waals surface area contributed by atoms with E-state index in [9.17, 15) is 13.2 Å². The highest BCUT2D eigenvalue weighted by molar-refractivity contribution is 5.28. The largest absolute Gasteiger partial charge is 0.573 e. The summed E-state index contributed by atoms with van der Waals surface area (Å²) in [5.74, 6) is -0.197. The Balaban J connectivity index is 1.98. The number of benzene rings is 1. The van der Waals surface area contributed by atoms with Crippen LogP contribution < -0.4 is 10.5 Å². The lowest BCUT2D eigenvalue weighted by atomic mass is 10.1. The van der Waals surface area contributed by atoms with Crippen molar-refractivity contribution in [1.82, 2.24) is 4.90 Å². The van der Waals surface area contributed by atoms with Crippen LogP contribution in [0, 0.1) is 0 Å². The van der Waals surface area contributed by atoms with Crippen molar-refractivity contribution < 1.29 is 22.6 Å². The van der Waals surface area contributed by atoms with Crippen LogP contribution in [-0.4, -0.2) is 43.1 Å². The summed E-state index contributed by atoms with van der Waals surface area (Å²) in [6.45, 7) is 4.40. The van der Waals surface area contributed by atoms with Gasteiger partial charge < -0.3 is 15.2 Å². The van der Waals surface area contributed by atoms with E-state index in [2.05, 4.69) is 9.64 Å². The molecule has 2 rings (SSSR count). The molecule has 2 N–H and O–H groups in total. The van der Waals surface area contributed by atoms with Gasteiger partial charge in [-0.1, -0.05) is 12.1 Å². The fourth-order valence-corrected chi connectivity index (χ4v) is 2.29. The number of hydrogen-bond acceptors (Lipinski definition) is 4. The second kappa shape index (κ2) is 6.64. The summed E-state index contributed by atoms with van der Waals surface area (Å²) in [5, 5.41) is 0. The van der Waals surface area contributed by atoms with E-state index in [4.69, 9.17) is 10.5 Å². The van der Waals surface area contributed by atoms with Crippen molar-refractivity contribution in [3.8, 4) is 5.75 Å². The molecule has 118 valence electrons. The highest BCUT2D eigenvalue weighted by atomic mass is 19.4. The monoisotopic (exact) mass is 304 g/mol. The minimum atomic E-state index is -4.67. The first-order valence-electron chi connectivity index (χ1n) is 6.78. The molecule has 1 aromatic carbocycles. The zero-order valence-corrected chi connectivity index (χ0v) is 11.8. The molecule has 21 heavy (non-hydrogen) atoms. The van der Waals surface area contributed by atoms with Gasteiger partial charge in [-0.15, -0.1) is 13.2 Å². The lowest BCUT2D eigenvalue weighted by molar-refractivity contribution is -0.274. The van der Waals surface area contributed by atoms with Gasteiger partial charge in [0.25, 0.3) is 0 Å². The molecule has 1 aromatic rings. The molecule has 7 heteroatoms. The highest BCUT2D eigenvalue weighted by Gasteiger charge is 2.31. The van der Waals surface area contributed by atoms with Crippen LogP contribution in [0.25, 0.3) is 0 Å². The molecule has 1 saturated heterocycles. The number of morpholine rings is 1. The fourth-order valence-electron chi connectivity index (χ4n) is 2.29. The Labute approximate surface area is 121 Å². The zero-order chi connectivity index (χ0) is 15.5. The minimum absolute atomic E-state index is 0.0478. The minimum Gasteiger partial charge on any atom is -0.406 e. The summed E-state index contributed by atoms with van der Waals surface area (Å²) < 4.78 is 46.1. The predicted octanol–water partition coefficient (Wildman–Crippen LogP) is 2.13. The average molecular weight is 304 g/mol. The molecule has 1 aliphatic rings. The van der Waals surface area contributed by atoms with Gasteiger partial charge in [0.05, 0.1) is 12.7 Å². The van der Waals surface area contributed by atoms with Gasteiger partial charge in [0.15, 0.2) is 0 Å². The van der Waals surface area contributed by atoms with Crippen LogP contribution >= 0.6 is 0 Å². The summed E-state index contributed by atoms with van der Waals surface area (Å²) in [6, 6.07) is 5.96. The molecule has 1 fully saturated rings. The fraction of sp³-hybridized carbons (Fsp3) is 0.571. The van der Waals surface area contributed by atoms with Crippen LogP contribution in [0.15, 0.2) is 24.3 Å². The molecule has 1 heterocycles. The first-order valence-corrected chi connectivity index (χ1v) is 6.78. The normalized spacial score (nSPS) is 22.0. The molecule has 0 spiro atoms. The smallest absolute Gasteiger partial charge is 0.406 e. The molecule has 0 aliphatic carbocycles. The molecular weight excluding hydrogens is 285 g/mol. The van der Waals surface area contributed by atoms with Crippen LogP contribution in [0.2, 0.25) is 0 Å². The maximum atomic E-state index is 12.2. The molecule has 2 atom stereocenters. The maximum absolute atomic E-state index is 12.2. The van der Waals surface area contributed by atoms with E-state index in [0.717, 1.165) is 12.1 Å². The van der Waals surface area contributed by atoms with Gasteiger partial charge in [0.1, 0.15) is 5.75 Å². The summed E-state index contributed by atoms with van der Waals surface area (Å²) >= 11 is 0. The maximum Gasteiger partial charge on any atom is 0.573 e. The van der Waals surface area contributed by atoms with Gasteiger partial charge in [-0.2, -0.15) is 0 Å². The van der Waals surface area contributed by atoms with E-state index in [-0.39, 0.29) is 17.9 Å². The Bertz CT molecular complexity index is 466. The number of hydrogen-bond donors (Lipinski definition) is 1. The Morgan fingerprint density at radius 2 is 2.24 bits per heavy atom. The molecule has 0 saturated carbocycles. The summed E-state index contributed by atoms with van der Waals surface area (Å²) in [5.41, 5.74) is 6.59. The second-order valence-electron chi connectivity index (χ2n) is 5.20. The van der Waals surface area contributed by atoms with E-state index in [1.54, 1.807) is 12.1 Å². The van der Waals surface area contributed by atoms with Crippen molar-refractivity contribution in [2.75, 3.05) is 19.7 Å². The third-order valence-electron chi connectivity index (χ3n) is 3.30. The third-order valence-corrected chi connectivity index (χ3v) is 3.30. The summed E-state index contributed by atoms with van der Waals surface area (Å²) in [7, 11) is 0. The topological polar surface area (TPSA) is 47.7 Å². The Hall–Kier alpha value is -1.31. The van der Waals surface area contributed by atoms with Gasteiger partial charge in [-0.05, 0) is 24.6 Å². The first-order chi connectivity index (χ1) is 9.83. The molecule has 0 radical (unpaired) electrons. The number of halogens is 3. The van der Waals surface area contributed by atoms with Gasteiger partial charge in [-0.25, -0.2) is 0 Å². The number of rotatable bonds is 4. The Kier molecular flexibility index (Phi) is 5.08. The zero-order valence-electron chi connectivity index (χ0n) is 11.8. The molecule has 0 bridgehead atoms. The van der Waals surface area contributed by atoms with Crippen molar-refractivity contribution in [3.05, 3.63) is 29.8 Å². The lowest BCUT2D eigenvalue weighted by Gasteiger charge is -2.34. The van der Waals surface area contributed by atoms with Crippen LogP contribution in [0.5, 0.6) is 5.75 Å². The standard InChI is InChI=1S/C14H19F3N2O2/c1-10(18)13-9-19(5-6-20-13)8-11-3-2-4-12(7-11)21-14(15,16)17/h2-4,7,10,13H,5-6,8-9,18H2,1H3. The van der Waals surface area contributed by atoms with Crippen molar-refractivity contribution >= 4 is 0 Å². The molecule has 4 nitrogen and oxygen atoms in total. The molecule has 0 aromatic heterocycles. The summed E-state index contributed by atoms with van der Waals surface area (Å²) in [4.78, 5) is 2.12. The average Bonchev–Trinajstić information content (AvgIpc) is 2.37.